The van der Waals surface area contributed by atoms with Crippen LogP contribution in [-0.2, 0) is 10.2 Å². The van der Waals surface area contributed by atoms with Crippen LogP contribution < -0.4 is 5.32 Å². The molecule has 3 aromatic heterocycles. The number of halogens is 2. The van der Waals surface area contributed by atoms with Gasteiger partial charge in [0.1, 0.15) is 36.3 Å². The minimum absolute atomic E-state index is 0.159. The fourth-order valence-electron chi connectivity index (χ4n) is 3.70. The van der Waals surface area contributed by atoms with Crippen LogP contribution in [0.2, 0.25) is 5.02 Å². The molecule has 1 aromatic carbocycles. The summed E-state index contributed by atoms with van der Waals surface area (Å²) in [5.74, 6) is 0.626. The van der Waals surface area contributed by atoms with Crippen molar-refractivity contribution in [2.45, 2.75) is 50.7 Å². The van der Waals surface area contributed by atoms with Crippen molar-refractivity contribution in [1.82, 2.24) is 34.7 Å². The molecular weight excluding hydrogens is 467 g/mol. The molecule has 4 atom stereocenters. The Balaban J connectivity index is 1.45. The predicted octanol–water partition coefficient (Wildman–Crippen LogP) is 2.77. The summed E-state index contributed by atoms with van der Waals surface area (Å²) in [5.41, 5.74) is 0.514. The number of anilines is 2. The van der Waals surface area contributed by atoms with E-state index in [4.69, 9.17) is 16.3 Å². The van der Waals surface area contributed by atoms with Crippen LogP contribution in [0.15, 0.2) is 30.9 Å². The number of imidazole rings is 1. The minimum atomic E-state index is -1.30. The molecule has 1 aliphatic heterocycles. The van der Waals surface area contributed by atoms with E-state index in [0.29, 0.717) is 22.8 Å². The number of fused-ring (bicyclic) bond motifs is 1. The molecule has 1 aliphatic rings. The second kappa shape index (κ2) is 8.24. The monoisotopic (exact) mass is 488 g/mol. The highest BCUT2D eigenvalue weighted by atomic mass is 35.5. The Morgan fingerprint density at radius 2 is 1.94 bits per heavy atom. The van der Waals surface area contributed by atoms with Crippen LogP contribution in [0.4, 0.5) is 15.9 Å². The highest BCUT2D eigenvalue weighted by molar-refractivity contribution is 6.30. The van der Waals surface area contributed by atoms with Crippen molar-refractivity contribution < 1.29 is 19.3 Å². The fraction of sp³-hybridized carbons (Fsp3) is 0.381. The lowest BCUT2D eigenvalue weighted by Crippen LogP contribution is -2.29. The molecule has 1 fully saturated rings. The number of aliphatic hydroxyl groups is 2. The van der Waals surface area contributed by atoms with Gasteiger partial charge in [0.2, 0.25) is 0 Å². The van der Waals surface area contributed by atoms with Gasteiger partial charge in [-0.3, -0.25) is 4.57 Å². The predicted molar refractivity (Wildman–Crippen MR) is 120 cm³/mol. The first kappa shape index (κ1) is 22.6. The van der Waals surface area contributed by atoms with Gasteiger partial charge in [-0.15, -0.1) is 10.2 Å². The first-order valence-corrected chi connectivity index (χ1v) is 10.9. The van der Waals surface area contributed by atoms with Gasteiger partial charge in [-0.25, -0.2) is 19.3 Å². The lowest BCUT2D eigenvalue weighted by Gasteiger charge is -2.16. The van der Waals surface area contributed by atoms with Crippen molar-refractivity contribution >= 4 is 34.3 Å². The summed E-state index contributed by atoms with van der Waals surface area (Å²) in [6, 6.07) is 4.21. The smallest absolute Gasteiger partial charge is 0.167 e. The molecule has 4 aromatic rings. The Hall–Kier alpha value is -3.19. The number of nitrogens with one attached hydrogen (secondary N) is 2. The summed E-state index contributed by atoms with van der Waals surface area (Å²) in [6.45, 7) is 5.92. The van der Waals surface area contributed by atoms with Crippen molar-refractivity contribution in [2.24, 2.45) is 0 Å². The second-order valence-electron chi connectivity index (χ2n) is 9.03. The van der Waals surface area contributed by atoms with Gasteiger partial charge in [0.05, 0.1) is 12.0 Å². The lowest BCUT2D eigenvalue weighted by atomic mass is 9.96. The molecule has 13 heteroatoms. The van der Waals surface area contributed by atoms with Crippen LogP contribution in [0, 0.1) is 5.82 Å². The van der Waals surface area contributed by atoms with Crippen LogP contribution in [0.1, 0.15) is 44.8 Å². The van der Waals surface area contributed by atoms with E-state index in [1.807, 2.05) is 20.8 Å². The van der Waals surface area contributed by atoms with Crippen LogP contribution in [-0.4, -0.2) is 57.1 Å². The number of hydrogen-bond acceptors (Lipinski definition) is 9. The Morgan fingerprint density at radius 3 is 2.65 bits per heavy atom. The molecule has 0 radical (unpaired) electrons. The van der Waals surface area contributed by atoms with Gasteiger partial charge in [-0.05, 0) is 18.2 Å². The molecule has 11 nitrogen and oxygen atoms in total. The number of aromatic amines is 1. The van der Waals surface area contributed by atoms with Gasteiger partial charge in [0.25, 0.3) is 0 Å². The normalized spacial score (nSPS) is 23.0. The maximum Gasteiger partial charge on any atom is 0.167 e. The summed E-state index contributed by atoms with van der Waals surface area (Å²) >= 11 is 5.82. The van der Waals surface area contributed by atoms with E-state index in [2.05, 4.69) is 35.5 Å². The Bertz CT molecular complexity index is 1350. The van der Waals surface area contributed by atoms with E-state index in [1.54, 1.807) is 6.07 Å². The maximum absolute atomic E-state index is 14.3. The Morgan fingerprint density at radius 1 is 1.15 bits per heavy atom. The topological polar surface area (TPSA) is 147 Å². The molecule has 34 heavy (non-hydrogen) atoms. The second-order valence-corrected chi connectivity index (χ2v) is 9.47. The molecule has 4 unspecified atom stereocenters. The molecule has 1 saturated heterocycles. The molecule has 178 valence electrons. The lowest BCUT2D eigenvalue weighted by molar-refractivity contribution is -0.0382. The summed E-state index contributed by atoms with van der Waals surface area (Å²) < 4.78 is 21.7. The quantitative estimate of drug-likeness (QED) is 0.340. The molecule has 0 bridgehead atoms. The molecule has 4 heterocycles. The first-order valence-electron chi connectivity index (χ1n) is 10.5. The van der Waals surface area contributed by atoms with E-state index in [9.17, 15) is 14.6 Å². The maximum atomic E-state index is 14.3. The van der Waals surface area contributed by atoms with Gasteiger partial charge in [0.15, 0.2) is 29.0 Å². The van der Waals surface area contributed by atoms with Crippen molar-refractivity contribution in [1.29, 1.82) is 0 Å². The molecule has 0 spiro atoms. The number of hydrogen-bond donors (Lipinski definition) is 4. The molecule has 0 aliphatic carbocycles. The van der Waals surface area contributed by atoms with E-state index in [-0.39, 0.29) is 21.9 Å². The third-order valence-electron chi connectivity index (χ3n) is 5.54. The number of aliphatic hydroxyl groups excluding tert-OH is 2. The largest absolute Gasteiger partial charge is 0.387 e. The SMILES string of the molecule is CC(C)(C)c1nnc(C2OC(n3cnc4c(Nc5ccc(Cl)cc5F)ncnc43)C(O)C2O)[nH]1. The van der Waals surface area contributed by atoms with Crippen molar-refractivity contribution in [3.8, 4) is 0 Å². The van der Waals surface area contributed by atoms with Crippen LogP contribution in [0.3, 0.4) is 0 Å². The average Bonchev–Trinajstić information content (AvgIpc) is 3.49. The van der Waals surface area contributed by atoms with Gasteiger partial charge in [-0.2, -0.15) is 0 Å². The standard InChI is InChI=1S/C21H22ClFN8O3/c1-21(2,3)20-28-17(29-30-20)15-13(32)14(33)19(34-15)31-8-26-12-16(24-7-25-18(12)31)27-11-5-4-9(22)6-10(11)23/h4-8,13-15,19,32-33H,1-3H3,(H,24,25,27)(H,28,29,30). The zero-order chi connectivity index (χ0) is 24.2. The van der Waals surface area contributed by atoms with Crippen LogP contribution in [0.5, 0.6) is 0 Å². The van der Waals surface area contributed by atoms with Crippen molar-refractivity contribution in [2.75, 3.05) is 5.32 Å². The number of nitrogens with zero attached hydrogens (tertiary/aromatic N) is 6. The zero-order valence-corrected chi connectivity index (χ0v) is 19.2. The van der Waals surface area contributed by atoms with E-state index in [0.717, 1.165) is 0 Å². The third-order valence-corrected chi connectivity index (χ3v) is 5.77. The molecule has 4 N–H and O–H groups in total. The van der Waals surface area contributed by atoms with Crippen molar-refractivity contribution in [3.05, 3.63) is 53.3 Å². The Labute approximate surface area is 198 Å². The zero-order valence-electron chi connectivity index (χ0n) is 18.4. The number of H-pyrrole nitrogens is 1. The number of rotatable bonds is 4. The van der Waals surface area contributed by atoms with Gasteiger partial charge >= 0.3 is 0 Å². The molecule has 0 amide bonds. The van der Waals surface area contributed by atoms with Gasteiger partial charge in [0, 0.05) is 10.4 Å². The average molecular weight is 489 g/mol. The highest BCUT2D eigenvalue weighted by Crippen LogP contribution is 2.39. The number of ether oxygens (including phenoxy) is 1. The molecular formula is C21H22ClFN8O3. The minimum Gasteiger partial charge on any atom is -0.387 e. The van der Waals surface area contributed by atoms with E-state index < -0.39 is 30.4 Å². The van der Waals surface area contributed by atoms with Crippen LogP contribution in [0.25, 0.3) is 11.2 Å². The summed E-state index contributed by atoms with van der Waals surface area (Å²) in [5, 5.41) is 32.8. The molecule has 5 rings (SSSR count). The molecule has 0 saturated carbocycles. The van der Waals surface area contributed by atoms with Crippen LogP contribution >= 0.6 is 11.6 Å². The summed E-state index contributed by atoms with van der Waals surface area (Å²) in [7, 11) is 0. The third kappa shape index (κ3) is 3.88. The number of aromatic nitrogens is 7. The van der Waals surface area contributed by atoms with E-state index >= 15 is 0 Å². The Kier molecular flexibility index (Phi) is 5.47. The fourth-order valence-corrected chi connectivity index (χ4v) is 3.86. The van der Waals surface area contributed by atoms with Crippen molar-refractivity contribution in [3.63, 3.8) is 0 Å². The van der Waals surface area contributed by atoms with Gasteiger partial charge in [-0.1, -0.05) is 32.4 Å². The summed E-state index contributed by atoms with van der Waals surface area (Å²) in [6.07, 6.45) is -1.84. The summed E-state index contributed by atoms with van der Waals surface area (Å²) in [4.78, 5) is 15.8. The number of benzene rings is 1. The van der Waals surface area contributed by atoms with E-state index in [1.165, 1.54) is 29.4 Å². The first-order chi connectivity index (χ1) is 16.1. The van der Waals surface area contributed by atoms with Gasteiger partial charge < -0.3 is 25.3 Å². The highest BCUT2D eigenvalue weighted by Gasteiger charge is 2.47.